The van der Waals surface area contributed by atoms with Crippen molar-refractivity contribution in [3.63, 3.8) is 0 Å². The molecule has 0 bridgehead atoms. The lowest BCUT2D eigenvalue weighted by Gasteiger charge is -2.07. The smallest absolute Gasteiger partial charge is 0.146 e. The van der Waals surface area contributed by atoms with Crippen molar-refractivity contribution in [1.29, 1.82) is 0 Å². The van der Waals surface area contributed by atoms with E-state index in [-0.39, 0.29) is 5.82 Å². The maximum Gasteiger partial charge on any atom is 0.146 e. The number of hydrogen-bond acceptors (Lipinski definition) is 2. The summed E-state index contributed by atoms with van der Waals surface area (Å²) in [6.07, 6.45) is 4.44. The second-order valence-corrected chi connectivity index (χ2v) is 3.61. The fourth-order valence-electron chi connectivity index (χ4n) is 1.55. The van der Waals surface area contributed by atoms with Gasteiger partial charge < -0.3 is 9.88 Å². The van der Waals surface area contributed by atoms with Crippen LogP contribution >= 0.6 is 0 Å². The number of imidazole rings is 1. The summed E-state index contributed by atoms with van der Waals surface area (Å²) in [5.41, 5.74) is 0.539. The molecule has 16 heavy (non-hydrogen) atoms. The third-order valence-corrected chi connectivity index (χ3v) is 2.46. The van der Waals surface area contributed by atoms with Crippen molar-refractivity contribution in [2.45, 2.75) is 6.42 Å². The van der Waals surface area contributed by atoms with E-state index in [9.17, 15) is 4.39 Å². The molecule has 4 heteroatoms. The number of benzene rings is 1. The molecule has 1 aromatic carbocycles. The van der Waals surface area contributed by atoms with Crippen LogP contribution in [0.2, 0.25) is 0 Å². The second-order valence-electron chi connectivity index (χ2n) is 3.61. The highest BCUT2D eigenvalue weighted by atomic mass is 19.1. The van der Waals surface area contributed by atoms with Crippen molar-refractivity contribution in [3.8, 4) is 0 Å². The fraction of sp³-hybridized carbons (Fsp3) is 0.250. The van der Waals surface area contributed by atoms with Crippen LogP contribution in [0, 0.1) is 5.82 Å². The first-order chi connectivity index (χ1) is 7.77. The number of hydrogen-bond donors (Lipinski definition) is 1. The van der Waals surface area contributed by atoms with Crippen LogP contribution in [0.25, 0.3) is 0 Å². The van der Waals surface area contributed by atoms with Gasteiger partial charge in [-0.1, -0.05) is 12.1 Å². The Morgan fingerprint density at radius 3 is 2.88 bits per heavy atom. The van der Waals surface area contributed by atoms with Crippen LogP contribution < -0.4 is 5.32 Å². The van der Waals surface area contributed by atoms with E-state index in [4.69, 9.17) is 0 Å². The SMILES string of the molecule is Cn1ccnc1CCNc1ccccc1F. The zero-order valence-electron chi connectivity index (χ0n) is 9.15. The van der Waals surface area contributed by atoms with Gasteiger partial charge in [0.1, 0.15) is 11.6 Å². The van der Waals surface area contributed by atoms with Crippen molar-refractivity contribution in [3.05, 3.63) is 48.3 Å². The molecule has 0 spiro atoms. The first-order valence-corrected chi connectivity index (χ1v) is 5.22. The molecule has 0 radical (unpaired) electrons. The first kappa shape index (κ1) is 10.7. The van der Waals surface area contributed by atoms with Gasteiger partial charge in [0.25, 0.3) is 0 Å². The van der Waals surface area contributed by atoms with Crippen LogP contribution in [0.1, 0.15) is 5.82 Å². The van der Waals surface area contributed by atoms with Crippen LogP contribution in [0.4, 0.5) is 10.1 Å². The van der Waals surface area contributed by atoms with E-state index in [1.54, 1.807) is 18.3 Å². The molecule has 2 rings (SSSR count). The quantitative estimate of drug-likeness (QED) is 0.854. The highest BCUT2D eigenvalue weighted by molar-refractivity contribution is 5.44. The van der Waals surface area contributed by atoms with Crippen molar-refractivity contribution < 1.29 is 4.39 Å². The summed E-state index contributed by atoms with van der Waals surface area (Å²) in [5, 5.41) is 3.05. The molecule has 84 valence electrons. The average molecular weight is 219 g/mol. The Balaban J connectivity index is 1.89. The van der Waals surface area contributed by atoms with Crippen LogP contribution in [0.5, 0.6) is 0 Å². The highest BCUT2D eigenvalue weighted by Crippen LogP contribution is 2.12. The zero-order valence-corrected chi connectivity index (χ0v) is 9.15. The number of anilines is 1. The molecule has 2 aromatic rings. The molecule has 0 aliphatic rings. The topological polar surface area (TPSA) is 29.9 Å². The zero-order chi connectivity index (χ0) is 11.4. The van der Waals surface area contributed by atoms with Crippen LogP contribution in [-0.2, 0) is 13.5 Å². The maximum atomic E-state index is 13.3. The number of para-hydroxylation sites is 1. The van der Waals surface area contributed by atoms with Crippen LogP contribution in [0.3, 0.4) is 0 Å². The number of nitrogens with one attached hydrogen (secondary N) is 1. The summed E-state index contributed by atoms with van der Waals surface area (Å²) in [5.74, 6) is 0.770. The van der Waals surface area contributed by atoms with E-state index in [0.717, 1.165) is 12.2 Å². The third kappa shape index (κ3) is 2.39. The second kappa shape index (κ2) is 4.79. The Hall–Kier alpha value is -1.84. The van der Waals surface area contributed by atoms with Crippen molar-refractivity contribution in [2.75, 3.05) is 11.9 Å². The fourth-order valence-corrected chi connectivity index (χ4v) is 1.55. The number of aromatic nitrogens is 2. The lowest BCUT2D eigenvalue weighted by molar-refractivity contribution is 0.629. The summed E-state index contributed by atoms with van der Waals surface area (Å²) < 4.78 is 15.2. The first-order valence-electron chi connectivity index (χ1n) is 5.22. The van der Waals surface area contributed by atoms with Gasteiger partial charge in [0.05, 0.1) is 5.69 Å². The van der Waals surface area contributed by atoms with Gasteiger partial charge in [0.15, 0.2) is 0 Å². The summed E-state index contributed by atoms with van der Waals surface area (Å²) in [6.45, 7) is 0.672. The molecule has 0 atom stereocenters. The average Bonchev–Trinajstić information content (AvgIpc) is 2.67. The number of aryl methyl sites for hydroxylation is 1. The monoisotopic (exact) mass is 219 g/mol. The number of halogens is 1. The third-order valence-electron chi connectivity index (χ3n) is 2.46. The van der Waals surface area contributed by atoms with Gasteiger partial charge in [-0.15, -0.1) is 0 Å². The van der Waals surface area contributed by atoms with Gasteiger partial charge in [-0.05, 0) is 12.1 Å². The van der Waals surface area contributed by atoms with Crippen molar-refractivity contribution >= 4 is 5.69 Å². The maximum absolute atomic E-state index is 13.3. The van der Waals surface area contributed by atoms with Gasteiger partial charge in [-0.3, -0.25) is 0 Å². The number of rotatable bonds is 4. The number of nitrogens with zero attached hydrogens (tertiary/aromatic N) is 2. The molecule has 0 aliphatic carbocycles. The van der Waals surface area contributed by atoms with E-state index in [1.807, 2.05) is 23.9 Å². The molecular formula is C12H14FN3. The molecule has 0 fully saturated rings. The lowest BCUT2D eigenvalue weighted by Crippen LogP contribution is -2.09. The summed E-state index contributed by atoms with van der Waals surface area (Å²) in [7, 11) is 1.95. The van der Waals surface area contributed by atoms with Crippen molar-refractivity contribution in [2.24, 2.45) is 7.05 Å². The van der Waals surface area contributed by atoms with Crippen LogP contribution in [-0.4, -0.2) is 16.1 Å². The summed E-state index contributed by atoms with van der Waals surface area (Å²) in [4.78, 5) is 4.20. The highest BCUT2D eigenvalue weighted by Gasteiger charge is 2.01. The van der Waals surface area contributed by atoms with Gasteiger partial charge in [0, 0.05) is 32.4 Å². The molecule has 1 aromatic heterocycles. The Morgan fingerprint density at radius 1 is 1.38 bits per heavy atom. The molecule has 0 aliphatic heterocycles. The minimum atomic E-state index is -0.220. The Kier molecular flexibility index (Phi) is 3.19. The van der Waals surface area contributed by atoms with Gasteiger partial charge in [-0.2, -0.15) is 0 Å². The molecular weight excluding hydrogens is 205 g/mol. The van der Waals surface area contributed by atoms with Crippen LogP contribution in [0.15, 0.2) is 36.7 Å². The molecule has 0 amide bonds. The predicted molar refractivity (Wildman–Crippen MR) is 61.8 cm³/mol. The van der Waals surface area contributed by atoms with Gasteiger partial charge in [-0.25, -0.2) is 9.37 Å². The van der Waals surface area contributed by atoms with E-state index >= 15 is 0 Å². The largest absolute Gasteiger partial charge is 0.382 e. The standard InChI is InChI=1S/C12H14FN3/c1-16-9-8-15-12(16)6-7-14-11-5-3-2-4-10(11)13/h2-5,8-9,14H,6-7H2,1H3. The van der Waals surface area contributed by atoms with E-state index < -0.39 is 0 Å². The molecule has 1 heterocycles. The molecule has 1 N–H and O–H groups in total. The van der Waals surface area contributed by atoms with E-state index in [1.165, 1.54) is 6.07 Å². The van der Waals surface area contributed by atoms with Gasteiger partial charge in [0.2, 0.25) is 0 Å². The lowest BCUT2D eigenvalue weighted by atomic mass is 10.3. The summed E-state index contributed by atoms with van der Waals surface area (Å²) >= 11 is 0. The molecule has 0 unspecified atom stereocenters. The summed E-state index contributed by atoms with van der Waals surface area (Å²) in [6, 6.07) is 6.67. The Bertz CT molecular complexity index is 465. The molecule has 0 saturated heterocycles. The Morgan fingerprint density at radius 2 is 2.19 bits per heavy atom. The normalized spacial score (nSPS) is 10.4. The van der Waals surface area contributed by atoms with E-state index in [2.05, 4.69) is 10.3 Å². The predicted octanol–water partition coefficient (Wildman–Crippen LogP) is 2.21. The Labute approximate surface area is 93.9 Å². The van der Waals surface area contributed by atoms with Crippen molar-refractivity contribution in [1.82, 2.24) is 9.55 Å². The molecule has 3 nitrogen and oxygen atoms in total. The molecule has 0 saturated carbocycles. The van der Waals surface area contributed by atoms with E-state index in [0.29, 0.717) is 12.2 Å². The minimum absolute atomic E-state index is 0.220. The van der Waals surface area contributed by atoms with Gasteiger partial charge >= 0.3 is 0 Å². The minimum Gasteiger partial charge on any atom is -0.382 e.